The Morgan fingerprint density at radius 1 is 0.538 bits per heavy atom. The van der Waals surface area contributed by atoms with E-state index in [0.29, 0.717) is 0 Å². The monoisotopic (exact) mass is 376 g/mol. The summed E-state index contributed by atoms with van der Waals surface area (Å²) < 4.78 is 68.2. The summed E-state index contributed by atoms with van der Waals surface area (Å²) >= 11 is 0. The molecule has 1 saturated carbocycles. The lowest BCUT2D eigenvalue weighted by molar-refractivity contribution is 0.316. The molecular formula is C19H25F5N2. The van der Waals surface area contributed by atoms with Crippen molar-refractivity contribution in [2.24, 2.45) is 0 Å². The SMILES string of the molecule is Fc1c(F)c(F)c(N2CN2C2CCCCCCCCCCC2)c(F)c1F. The highest BCUT2D eigenvalue weighted by Gasteiger charge is 2.43. The molecule has 26 heavy (non-hydrogen) atoms. The minimum atomic E-state index is -2.11. The number of rotatable bonds is 2. The van der Waals surface area contributed by atoms with Crippen LogP contribution in [-0.4, -0.2) is 17.7 Å². The average molecular weight is 376 g/mol. The largest absolute Gasteiger partial charge is 0.282 e. The molecule has 1 heterocycles. The predicted molar refractivity (Wildman–Crippen MR) is 90.0 cm³/mol. The van der Waals surface area contributed by atoms with Crippen molar-refractivity contribution in [3.63, 3.8) is 0 Å². The normalized spacial score (nSPS) is 23.4. The quantitative estimate of drug-likeness (QED) is 0.268. The van der Waals surface area contributed by atoms with Crippen LogP contribution >= 0.6 is 0 Å². The summed E-state index contributed by atoms with van der Waals surface area (Å²) in [6.45, 7) is 0.197. The Bertz CT molecular complexity index is 596. The molecule has 1 saturated heterocycles. The Morgan fingerprint density at radius 2 is 0.923 bits per heavy atom. The topological polar surface area (TPSA) is 6.02 Å². The van der Waals surface area contributed by atoms with Gasteiger partial charge in [-0.1, -0.05) is 57.8 Å². The Balaban J connectivity index is 1.71. The molecule has 0 N–H and O–H groups in total. The molecule has 0 spiro atoms. The lowest BCUT2D eigenvalue weighted by atomic mass is 9.98. The molecule has 1 aliphatic heterocycles. The maximum Gasteiger partial charge on any atom is 0.200 e. The van der Waals surface area contributed by atoms with Crippen molar-refractivity contribution >= 4 is 5.69 Å². The molecular weight excluding hydrogens is 351 g/mol. The van der Waals surface area contributed by atoms with Crippen LogP contribution in [0.1, 0.15) is 70.6 Å². The number of anilines is 1. The van der Waals surface area contributed by atoms with Gasteiger partial charge in [0.1, 0.15) is 12.4 Å². The predicted octanol–water partition coefficient (Wildman–Crippen LogP) is 6.05. The van der Waals surface area contributed by atoms with E-state index in [1.165, 1.54) is 37.1 Å². The van der Waals surface area contributed by atoms with E-state index in [9.17, 15) is 22.0 Å². The van der Waals surface area contributed by atoms with Gasteiger partial charge in [0.25, 0.3) is 0 Å². The number of hydrazine groups is 1. The summed E-state index contributed by atoms with van der Waals surface area (Å²) in [7, 11) is 0. The molecule has 7 heteroatoms. The van der Waals surface area contributed by atoms with Crippen molar-refractivity contribution in [2.75, 3.05) is 11.7 Å². The van der Waals surface area contributed by atoms with Crippen molar-refractivity contribution in [1.29, 1.82) is 0 Å². The van der Waals surface area contributed by atoms with Gasteiger partial charge < -0.3 is 0 Å². The van der Waals surface area contributed by atoms with Gasteiger partial charge in [-0.2, -0.15) is 5.01 Å². The first-order chi connectivity index (χ1) is 12.5. The standard InChI is InChI=1S/C19H25F5N2/c20-14-15(21)17(23)19(18(24)16(14)22)26-12-25(26)13-10-8-6-4-2-1-3-5-7-9-11-13/h13H,1-12H2. The van der Waals surface area contributed by atoms with E-state index in [4.69, 9.17) is 0 Å². The van der Waals surface area contributed by atoms with Crippen LogP contribution in [0.4, 0.5) is 27.6 Å². The molecule has 146 valence electrons. The molecule has 2 aliphatic rings. The zero-order chi connectivity index (χ0) is 18.7. The van der Waals surface area contributed by atoms with Crippen LogP contribution < -0.4 is 5.01 Å². The van der Waals surface area contributed by atoms with Gasteiger partial charge in [0, 0.05) is 6.04 Å². The fourth-order valence-corrected chi connectivity index (χ4v) is 3.88. The highest BCUT2D eigenvalue weighted by Crippen LogP contribution is 2.38. The fraction of sp³-hybridized carbons (Fsp3) is 0.684. The van der Waals surface area contributed by atoms with Crippen LogP contribution in [-0.2, 0) is 0 Å². The van der Waals surface area contributed by atoms with Crippen molar-refractivity contribution < 1.29 is 22.0 Å². The summed E-state index contributed by atoms with van der Waals surface area (Å²) in [5.41, 5.74) is -0.826. The van der Waals surface area contributed by atoms with Crippen LogP contribution in [0.3, 0.4) is 0 Å². The highest BCUT2D eigenvalue weighted by molar-refractivity contribution is 5.53. The van der Waals surface area contributed by atoms with Crippen molar-refractivity contribution in [1.82, 2.24) is 5.01 Å². The molecule has 0 amide bonds. The molecule has 2 nitrogen and oxygen atoms in total. The Kier molecular flexibility index (Phi) is 6.37. The summed E-state index contributed by atoms with van der Waals surface area (Å²) in [5.74, 6) is -9.38. The van der Waals surface area contributed by atoms with E-state index >= 15 is 0 Å². The summed E-state index contributed by atoms with van der Waals surface area (Å²) in [4.78, 5) is 0. The molecule has 1 aliphatic carbocycles. The van der Waals surface area contributed by atoms with Crippen LogP contribution in [0.25, 0.3) is 0 Å². The summed E-state index contributed by atoms with van der Waals surface area (Å²) in [5, 5.41) is 2.93. The number of halogens is 5. The maximum absolute atomic E-state index is 14.0. The van der Waals surface area contributed by atoms with E-state index in [2.05, 4.69) is 0 Å². The van der Waals surface area contributed by atoms with Gasteiger partial charge in [0.15, 0.2) is 23.3 Å². The highest BCUT2D eigenvalue weighted by atomic mass is 19.2. The van der Waals surface area contributed by atoms with Gasteiger partial charge in [0.05, 0.1) is 0 Å². The molecule has 1 aromatic rings. The van der Waals surface area contributed by atoms with Gasteiger partial charge in [-0.25, -0.2) is 22.0 Å². The van der Waals surface area contributed by atoms with Crippen LogP contribution in [0.5, 0.6) is 0 Å². The first kappa shape index (κ1) is 19.4. The van der Waals surface area contributed by atoms with Gasteiger partial charge in [0.2, 0.25) is 5.82 Å². The summed E-state index contributed by atoms with van der Waals surface area (Å²) in [6, 6.07) is 0.0874. The molecule has 2 fully saturated rings. The number of hydrogen-bond donors (Lipinski definition) is 0. The number of hydrogen-bond acceptors (Lipinski definition) is 2. The van der Waals surface area contributed by atoms with Gasteiger partial charge in [-0.3, -0.25) is 5.01 Å². The van der Waals surface area contributed by atoms with Gasteiger partial charge >= 0.3 is 0 Å². The Morgan fingerprint density at radius 3 is 1.38 bits per heavy atom. The number of benzene rings is 1. The average Bonchev–Trinajstić information content (AvgIpc) is 3.39. The Hall–Kier alpha value is -1.37. The molecule has 0 bridgehead atoms. The van der Waals surface area contributed by atoms with Crippen molar-refractivity contribution in [3.05, 3.63) is 29.1 Å². The smallest absolute Gasteiger partial charge is 0.200 e. The van der Waals surface area contributed by atoms with E-state index in [1.807, 2.05) is 0 Å². The summed E-state index contributed by atoms with van der Waals surface area (Å²) in [6.07, 6.45) is 12.2. The second-order valence-electron chi connectivity index (χ2n) is 7.31. The fourth-order valence-electron chi connectivity index (χ4n) is 3.88. The zero-order valence-electron chi connectivity index (χ0n) is 14.8. The lowest BCUT2D eigenvalue weighted by Gasteiger charge is -2.20. The minimum absolute atomic E-state index is 0.0874. The second-order valence-corrected chi connectivity index (χ2v) is 7.31. The zero-order valence-corrected chi connectivity index (χ0v) is 14.8. The third-order valence-electron chi connectivity index (χ3n) is 5.44. The first-order valence-electron chi connectivity index (χ1n) is 9.58. The molecule has 1 aromatic carbocycles. The minimum Gasteiger partial charge on any atom is -0.282 e. The third kappa shape index (κ3) is 4.13. The first-order valence-corrected chi connectivity index (χ1v) is 9.58. The second kappa shape index (κ2) is 8.55. The molecule has 0 radical (unpaired) electrons. The lowest BCUT2D eigenvalue weighted by Crippen LogP contribution is -2.24. The van der Waals surface area contributed by atoms with Crippen molar-refractivity contribution in [2.45, 2.75) is 76.7 Å². The van der Waals surface area contributed by atoms with E-state index < -0.39 is 34.8 Å². The molecule has 1 unspecified atom stereocenters. The van der Waals surface area contributed by atoms with Crippen LogP contribution in [0.15, 0.2) is 0 Å². The van der Waals surface area contributed by atoms with E-state index in [0.717, 1.165) is 38.5 Å². The van der Waals surface area contributed by atoms with E-state index in [-0.39, 0.29) is 12.7 Å². The van der Waals surface area contributed by atoms with Crippen molar-refractivity contribution in [3.8, 4) is 0 Å². The third-order valence-corrected chi connectivity index (χ3v) is 5.44. The molecule has 1 atom stereocenters. The molecule has 0 aromatic heterocycles. The Labute approximate surface area is 150 Å². The van der Waals surface area contributed by atoms with Gasteiger partial charge in [-0.15, -0.1) is 0 Å². The number of nitrogens with zero attached hydrogens (tertiary/aromatic N) is 2. The molecule has 3 rings (SSSR count). The van der Waals surface area contributed by atoms with E-state index in [1.54, 1.807) is 5.01 Å². The maximum atomic E-state index is 14.0. The van der Waals surface area contributed by atoms with Crippen LogP contribution in [0, 0.1) is 29.1 Å². The van der Waals surface area contributed by atoms with Gasteiger partial charge in [-0.05, 0) is 12.8 Å². The van der Waals surface area contributed by atoms with Crippen LogP contribution in [0.2, 0.25) is 0 Å².